The lowest BCUT2D eigenvalue weighted by molar-refractivity contribution is -0.134. The second-order valence-corrected chi connectivity index (χ2v) is 10.0. The molecule has 0 saturated carbocycles. The molecule has 1 heterocycles. The monoisotopic (exact) mass is 428 g/mol. The first-order chi connectivity index (χ1) is 14.3. The van der Waals surface area contributed by atoms with E-state index in [9.17, 15) is 13.2 Å². The van der Waals surface area contributed by atoms with Gasteiger partial charge >= 0.3 is 0 Å². The number of piperazine rings is 1. The van der Waals surface area contributed by atoms with Crippen molar-refractivity contribution in [2.75, 3.05) is 32.8 Å². The normalized spacial score (nSPS) is 17.1. The first-order valence-corrected chi connectivity index (χ1v) is 11.9. The number of amides is 1. The Morgan fingerprint density at radius 1 is 0.933 bits per heavy atom. The van der Waals surface area contributed by atoms with E-state index in [2.05, 4.69) is 6.07 Å². The number of hydrogen-bond acceptors (Lipinski definition) is 4. The third-order valence-corrected chi connectivity index (χ3v) is 8.03. The summed E-state index contributed by atoms with van der Waals surface area (Å²) in [5.41, 5.74) is 4.70. The second kappa shape index (κ2) is 8.40. The average Bonchev–Trinajstić information content (AvgIpc) is 3.22. The second-order valence-electron chi connectivity index (χ2n) is 8.10. The van der Waals surface area contributed by atoms with Crippen LogP contribution in [0.15, 0.2) is 41.3 Å². The molecule has 0 aromatic heterocycles. The van der Waals surface area contributed by atoms with Gasteiger partial charge in [0.15, 0.2) is 6.61 Å². The summed E-state index contributed by atoms with van der Waals surface area (Å²) in [5, 5.41) is 0. The number of ether oxygens (including phenoxy) is 1. The Hall–Kier alpha value is -2.38. The zero-order chi connectivity index (χ0) is 21.3. The first-order valence-electron chi connectivity index (χ1n) is 10.4. The van der Waals surface area contributed by atoms with Crippen LogP contribution in [-0.4, -0.2) is 56.3 Å². The number of carbonyl (C=O) groups excluding carboxylic acids is 1. The molecular formula is C23H28N2O4S. The summed E-state index contributed by atoms with van der Waals surface area (Å²) < 4.78 is 33.0. The van der Waals surface area contributed by atoms with Crippen molar-refractivity contribution in [2.24, 2.45) is 0 Å². The van der Waals surface area contributed by atoms with Gasteiger partial charge in [0.2, 0.25) is 10.0 Å². The van der Waals surface area contributed by atoms with Gasteiger partial charge in [0.05, 0.1) is 4.90 Å². The maximum absolute atomic E-state index is 12.9. The summed E-state index contributed by atoms with van der Waals surface area (Å²) >= 11 is 0. The van der Waals surface area contributed by atoms with Crippen LogP contribution in [0.2, 0.25) is 0 Å². The topological polar surface area (TPSA) is 66.9 Å². The summed E-state index contributed by atoms with van der Waals surface area (Å²) in [4.78, 5) is 14.5. The Kier molecular flexibility index (Phi) is 5.84. The number of carbonyl (C=O) groups is 1. The van der Waals surface area contributed by atoms with Crippen LogP contribution in [0.5, 0.6) is 5.75 Å². The lowest BCUT2D eigenvalue weighted by Gasteiger charge is -2.34. The van der Waals surface area contributed by atoms with E-state index in [-0.39, 0.29) is 12.5 Å². The van der Waals surface area contributed by atoms with E-state index in [4.69, 9.17) is 4.74 Å². The average molecular weight is 429 g/mol. The van der Waals surface area contributed by atoms with Crippen LogP contribution in [0.1, 0.15) is 28.7 Å². The molecular weight excluding hydrogens is 400 g/mol. The molecule has 30 heavy (non-hydrogen) atoms. The molecule has 0 spiro atoms. The quantitative estimate of drug-likeness (QED) is 0.734. The van der Waals surface area contributed by atoms with Gasteiger partial charge in [0.1, 0.15) is 5.75 Å². The van der Waals surface area contributed by atoms with Gasteiger partial charge in [0.25, 0.3) is 5.91 Å². The molecule has 0 atom stereocenters. The molecule has 2 aliphatic rings. The number of nitrogens with zero attached hydrogens (tertiary/aromatic N) is 2. The molecule has 0 unspecified atom stereocenters. The van der Waals surface area contributed by atoms with Gasteiger partial charge in [-0.2, -0.15) is 4.31 Å². The van der Waals surface area contributed by atoms with Gasteiger partial charge in [-0.3, -0.25) is 4.79 Å². The van der Waals surface area contributed by atoms with Crippen LogP contribution < -0.4 is 4.74 Å². The number of hydrogen-bond donors (Lipinski definition) is 0. The molecule has 7 heteroatoms. The van der Waals surface area contributed by atoms with Gasteiger partial charge in [-0.25, -0.2) is 8.42 Å². The molecule has 1 amide bonds. The van der Waals surface area contributed by atoms with Crippen molar-refractivity contribution in [3.8, 4) is 5.75 Å². The van der Waals surface area contributed by atoms with Crippen molar-refractivity contribution in [1.29, 1.82) is 0 Å². The lowest BCUT2D eigenvalue weighted by Crippen LogP contribution is -2.51. The highest BCUT2D eigenvalue weighted by Crippen LogP contribution is 2.26. The minimum atomic E-state index is -3.55. The highest BCUT2D eigenvalue weighted by molar-refractivity contribution is 7.89. The number of rotatable bonds is 5. The van der Waals surface area contributed by atoms with E-state index < -0.39 is 10.0 Å². The Morgan fingerprint density at radius 2 is 1.67 bits per heavy atom. The largest absolute Gasteiger partial charge is 0.484 e. The van der Waals surface area contributed by atoms with Crippen LogP contribution in [-0.2, 0) is 27.7 Å². The molecule has 1 saturated heterocycles. The van der Waals surface area contributed by atoms with Crippen molar-refractivity contribution in [3.05, 3.63) is 58.7 Å². The molecule has 160 valence electrons. The van der Waals surface area contributed by atoms with Gasteiger partial charge in [-0.1, -0.05) is 12.1 Å². The molecule has 1 fully saturated rings. The third kappa shape index (κ3) is 4.23. The fourth-order valence-corrected chi connectivity index (χ4v) is 5.58. The zero-order valence-corrected chi connectivity index (χ0v) is 18.4. The number of aryl methyl sites for hydroxylation is 4. The SMILES string of the molecule is Cc1ccc(S(=O)(=O)N2CCN(C(=O)COc3ccc4c(c3)CCC4)CC2)cc1C. The van der Waals surface area contributed by atoms with E-state index in [0.717, 1.165) is 29.7 Å². The van der Waals surface area contributed by atoms with Gasteiger partial charge in [0, 0.05) is 26.2 Å². The van der Waals surface area contributed by atoms with E-state index in [0.29, 0.717) is 31.1 Å². The zero-order valence-electron chi connectivity index (χ0n) is 17.6. The standard InChI is InChI=1S/C23H28N2O4S/c1-17-6-9-22(14-18(17)2)30(27,28)25-12-10-24(11-13-25)23(26)16-29-21-8-7-19-4-3-5-20(19)15-21/h6-9,14-15H,3-5,10-13,16H2,1-2H3. The molecule has 6 nitrogen and oxygen atoms in total. The third-order valence-electron chi connectivity index (χ3n) is 6.14. The van der Waals surface area contributed by atoms with E-state index in [1.54, 1.807) is 17.0 Å². The van der Waals surface area contributed by atoms with Gasteiger partial charge in [-0.15, -0.1) is 0 Å². The maximum atomic E-state index is 12.9. The van der Waals surface area contributed by atoms with Crippen molar-refractivity contribution >= 4 is 15.9 Å². The van der Waals surface area contributed by atoms with Crippen LogP contribution >= 0.6 is 0 Å². The Balaban J connectivity index is 1.32. The molecule has 0 radical (unpaired) electrons. The summed E-state index contributed by atoms with van der Waals surface area (Å²) in [7, 11) is -3.55. The van der Waals surface area contributed by atoms with E-state index in [1.165, 1.54) is 21.9 Å². The predicted octanol–water partition coefficient (Wildman–Crippen LogP) is 2.70. The molecule has 2 aromatic rings. The predicted molar refractivity (Wildman–Crippen MR) is 115 cm³/mol. The lowest BCUT2D eigenvalue weighted by atomic mass is 10.1. The summed E-state index contributed by atoms with van der Waals surface area (Å²) in [5.74, 6) is 0.610. The number of benzene rings is 2. The smallest absolute Gasteiger partial charge is 0.260 e. The molecule has 4 rings (SSSR count). The summed E-state index contributed by atoms with van der Waals surface area (Å²) in [6.45, 7) is 5.17. The summed E-state index contributed by atoms with van der Waals surface area (Å²) in [6, 6.07) is 11.2. The summed E-state index contributed by atoms with van der Waals surface area (Å²) in [6.07, 6.45) is 3.36. The maximum Gasteiger partial charge on any atom is 0.260 e. The first kappa shape index (κ1) is 20.9. The molecule has 0 bridgehead atoms. The Labute approximate surface area is 178 Å². The fourth-order valence-electron chi connectivity index (χ4n) is 4.08. The van der Waals surface area contributed by atoms with Gasteiger partial charge < -0.3 is 9.64 Å². The van der Waals surface area contributed by atoms with Crippen LogP contribution in [0, 0.1) is 13.8 Å². The molecule has 2 aromatic carbocycles. The fraction of sp³-hybridized carbons (Fsp3) is 0.435. The van der Waals surface area contributed by atoms with Crippen LogP contribution in [0.25, 0.3) is 0 Å². The molecule has 0 N–H and O–H groups in total. The molecule has 1 aliphatic carbocycles. The van der Waals surface area contributed by atoms with E-state index >= 15 is 0 Å². The van der Waals surface area contributed by atoms with Crippen LogP contribution in [0.3, 0.4) is 0 Å². The van der Waals surface area contributed by atoms with Gasteiger partial charge in [-0.05, 0) is 79.6 Å². The number of sulfonamides is 1. The van der Waals surface area contributed by atoms with Crippen molar-refractivity contribution in [3.63, 3.8) is 0 Å². The minimum Gasteiger partial charge on any atom is -0.484 e. The van der Waals surface area contributed by atoms with Crippen LogP contribution in [0.4, 0.5) is 0 Å². The number of fused-ring (bicyclic) bond motifs is 1. The van der Waals surface area contributed by atoms with Crippen molar-refractivity contribution < 1.29 is 17.9 Å². The Morgan fingerprint density at radius 3 is 2.40 bits per heavy atom. The van der Waals surface area contributed by atoms with Crippen molar-refractivity contribution in [2.45, 2.75) is 38.0 Å². The highest BCUT2D eigenvalue weighted by Gasteiger charge is 2.30. The minimum absolute atomic E-state index is 0.0251. The van der Waals surface area contributed by atoms with Crippen molar-refractivity contribution in [1.82, 2.24) is 9.21 Å². The highest BCUT2D eigenvalue weighted by atomic mass is 32.2. The molecule has 1 aliphatic heterocycles. The van der Waals surface area contributed by atoms with E-state index in [1.807, 2.05) is 32.0 Å². The Bertz CT molecular complexity index is 1060.